The highest BCUT2D eigenvalue weighted by Crippen LogP contribution is 2.86. The zero-order chi connectivity index (χ0) is 27.8. The monoisotopic (exact) mass is 520 g/mol. The van der Waals surface area contributed by atoms with Crippen LogP contribution in [0.2, 0.25) is 0 Å². The predicted octanol–water partition coefficient (Wildman–Crippen LogP) is 6.31. The molecule has 0 amide bonds. The third kappa shape index (κ3) is 3.61. The Bertz CT molecular complexity index is 919. The molecule has 0 aromatic rings. The van der Waals surface area contributed by atoms with E-state index in [0.717, 1.165) is 44.1 Å². The lowest BCUT2D eigenvalue weighted by Crippen LogP contribution is -2.60. The van der Waals surface area contributed by atoms with Gasteiger partial charge in [0.1, 0.15) is 6.10 Å². The number of hydrogen-bond acceptors (Lipinski definition) is 5. The number of hydrogen-bond donors (Lipinski definition) is 4. The molecule has 37 heavy (non-hydrogen) atoms. The van der Waals surface area contributed by atoms with Crippen LogP contribution in [0.25, 0.3) is 0 Å². The molecule has 6 nitrogen and oxygen atoms in total. The SMILES string of the molecule is C=C(C)C(CC[C@@H](C)[C@H]1CC[C@@]2(C)[C@H](C)[C@]3(CC[C@]12C)C[C@]31[C@H](CC)[C@](C)(C(=O)O)[C@@H](O)C[C@@H]1O)OO. The fourth-order valence-electron chi connectivity index (χ4n) is 10.9. The van der Waals surface area contributed by atoms with E-state index in [4.69, 9.17) is 0 Å². The molecule has 4 aliphatic rings. The molecule has 0 heterocycles. The summed E-state index contributed by atoms with van der Waals surface area (Å²) < 4.78 is 0. The highest BCUT2D eigenvalue weighted by molar-refractivity contribution is 5.76. The fraction of sp³-hybridized carbons (Fsp3) is 0.903. The zero-order valence-corrected chi connectivity index (χ0v) is 24.2. The van der Waals surface area contributed by atoms with E-state index < -0.39 is 29.0 Å². The van der Waals surface area contributed by atoms with Crippen LogP contribution >= 0.6 is 0 Å². The molecule has 0 aliphatic heterocycles. The van der Waals surface area contributed by atoms with Crippen LogP contribution in [0.3, 0.4) is 0 Å². The average molecular weight is 521 g/mol. The molecular formula is C31H52O6. The molecule has 0 radical (unpaired) electrons. The van der Waals surface area contributed by atoms with Gasteiger partial charge in [0, 0.05) is 11.8 Å². The molecule has 4 fully saturated rings. The zero-order valence-electron chi connectivity index (χ0n) is 24.2. The molecule has 6 heteroatoms. The van der Waals surface area contributed by atoms with E-state index >= 15 is 0 Å². The van der Waals surface area contributed by atoms with Gasteiger partial charge in [-0.2, -0.15) is 0 Å². The molecular weight excluding hydrogens is 468 g/mol. The highest BCUT2D eigenvalue weighted by atomic mass is 17.1. The summed E-state index contributed by atoms with van der Waals surface area (Å²) in [7, 11) is 0. The van der Waals surface area contributed by atoms with Crippen molar-refractivity contribution in [3.63, 3.8) is 0 Å². The summed E-state index contributed by atoms with van der Waals surface area (Å²) in [5.74, 6) is 0.236. The minimum absolute atomic E-state index is 0.0773. The van der Waals surface area contributed by atoms with Gasteiger partial charge < -0.3 is 15.3 Å². The molecule has 1 unspecified atom stereocenters. The van der Waals surface area contributed by atoms with Gasteiger partial charge in [-0.3, -0.25) is 10.1 Å². The Balaban J connectivity index is 1.62. The van der Waals surface area contributed by atoms with Crippen molar-refractivity contribution < 1.29 is 30.3 Å². The fourth-order valence-corrected chi connectivity index (χ4v) is 10.9. The van der Waals surface area contributed by atoms with Crippen LogP contribution in [0.4, 0.5) is 0 Å². The number of fused-ring (bicyclic) bond motifs is 2. The molecule has 4 aliphatic carbocycles. The third-order valence-electron chi connectivity index (χ3n) is 13.6. The van der Waals surface area contributed by atoms with E-state index in [9.17, 15) is 25.4 Å². The number of carbonyl (C=O) groups is 1. The van der Waals surface area contributed by atoms with Gasteiger partial charge in [0.05, 0.1) is 17.6 Å². The van der Waals surface area contributed by atoms with Crippen molar-refractivity contribution >= 4 is 5.97 Å². The number of aliphatic hydroxyl groups is 2. The number of rotatable bonds is 8. The van der Waals surface area contributed by atoms with Crippen LogP contribution in [0.1, 0.15) is 106 Å². The second kappa shape index (κ2) is 9.31. The van der Waals surface area contributed by atoms with Crippen molar-refractivity contribution in [1.82, 2.24) is 0 Å². The lowest BCUT2D eigenvalue weighted by Gasteiger charge is -2.60. The van der Waals surface area contributed by atoms with Gasteiger partial charge in [-0.25, -0.2) is 4.89 Å². The molecule has 4 saturated carbocycles. The summed E-state index contributed by atoms with van der Waals surface area (Å²) in [5.41, 5.74) is -0.639. The Labute approximate surface area is 223 Å². The normalized spacial score (nSPS) is 50.6. The van der Waals surface area contributed by atoms with Crippen LogP contribution < -0.4 is 0 Å². The van der Waals surface area contributed by atoms with Gasteiger partial charge in [0.2, 0.25) is 0 Å². The number of aliphatic carboxylic acids is 1. The van der Waals surface area contributed by atoms with Crippen LogP contribution in [-0.2, 0) is 9.68 Å². The van der Waals surface area contributed by atoms with Crippen molar-refractivity contribution in [2.45, 2.75) is 125 Å². The number of carboxylic acid groups (broad SMARTS) is 1. The first kappa shape index (κ1) is 29.0. The Kier molecular flexibility index (Phi) is 7.31. The van der Waals surface area contributed by atoms with Crippen LogP contribution in [-0.4, -0.2) is 44.9 Å². The van der Waals surface area contributed by atoms with Crippen molar-refractivity contribution in [3.8, 4) is 0 Å². The first-order chi connectivity index (χ1) is 17.1. The van der Waals surface area contributed by atoms with Crippen LogP contribution in [0, 0.1) is 50.7 Å². The van der Waals surface area contributed by atoms with E-state index in [0.29, 0.717) is 24.2 Å². The Morgan fingerprint density at radius 3 is 2.27 bits per heavy atom. The lowest BCUT2D eigenvalue weighted by atomic mass is 9.45. The van der Waals surface area contributed by atoms with Crippen LogP contribution in [0.5, 0.6) is 0 Å². The van der Waals surface area contributed by atoms with Gasteiger partial charge in [-0.1, -0.05) is 47.6 Å². The smallest absolute Gasteiger partial charge is 0.312 e. The van der Waals surface area contributed by atoms with Crippen molar-refractivity contribution in [1.29, 1.82) is 0 Å². The van der Waals surface area contributed by atoms with E-state index in [1.165, 1.54) is 6.42 Å². The van der Waals surface area contributed by atoms with Crippen molar-refractivity contribution in [2.75, 3.05) is 0 Å². The molecule has 0 saturated heterocycles. The topological polar surface area (TPSA) is 107 Å². The molecule has 0 aromatic heterocycles. The summed E-state index contributed by atoms with van der Waals surface area (Å²) in [4.78, 5) is 17.2. The molecule has 2 spiro atoms. The molecule has 4 N–H and O–H groups in total. The van der Waals surface area contributed by atoms with Gasteiger partial charge in [0.15, 0.2) is 0 Å². The summed E-state index contributed by atoms with van der Waals surface area (Å²) in [6, 6.07) is 0. The van der Waals surface area contributed by atoms with Gasteiger partial charge in [-0.05, 0) is 104 Å². The third-order valence-corrected chi connectivity index (χ3v) is 13.6. The first-order valence-corrected chi connectivity index (χ1v) is 14.7. The minimum Gasteiger partial charge on any atom is -0.481 e. The largest absolute Gasteiger partial charge is 0.481 e. The second-order valence-electron chi connectivity index (χ2n) is 14.4. The highest BCUT2D eigenvalue weighted by Gasteiger charge is 2.83. The minimum atomic E-state index is -1.24. The van der Waals surface area contributed by atoms with E-state index in [-0.39, 0.29) is 34.7 Å². The Hall–Kier alpha value is -0.950. The lowest BCUT2D eigenvalue weighted by molar-refractivity contribution is -0.270. The molecule has 0 bridgehead atoms. The number of carboxylic acids is 1. The van der Waals surface area contributed by atoms with Gasteiger partial charge in [-0.15, -0.1) is 0 Å². The predicted molar refractivity (Wildman–Crippen MR) is 144 cm³/mol. The standard InChI is InChI=1S/C31H52O6/c1-9-23-29(8,26(34)35)24(32)16-25(33)31(23)17-30(31)15-14-28(7)21(12-13-27(28,6)20(30)5)19(4)10-11-22(37-36)18(2)3/h19-25,32-33,36H,2,9-17H2,1,3-8H3,(H,34,35)/t19-,20+,21-,22?,23-,24+,25+,27+,28-,29+,30+,31-/m1/s1. The first-order valence-electron chi connectivity index (χ1n) is 14.7. The van der Waals surface area contributed by atoms with E-state index in [1.807, 2.05) is 13.8 Å². The maximum atomic E-state index is 12.5. The molecule has 212 valence electrons. The van der Waals surface area contributed by atoms with E-state index in [2.05, 4.69) is 39.2 Å². The Morgan fingerprint density at radius 1 is 1.08 bits per heavy atom. The molecule has 4 rings (SSSR count). The summed E-state index contributed by atoms with van der Waals surface area (Å²) in [5, 5.41) is 42.0. The average Bonchev–Trinajstić information content (AvgIpc) is 3.41. The van der Waals surface area contributed by atoms with Gasteiger partial charge >= 0.3 is 5.97 Å². The summed E-state index contributed by atoms with van der Waals surface area (Å²) >= 11 is 0. The van der Waals surface area contributed by atoms with E-state index in [1.54, 1.807) is 6.92 Å². The van der Waals surface area contributed by atoms with Crippen molar-refractivity contribution in [3.05, 3.63) is 12.2 Å². The maximum absolute atomic E-state index is 12.5. The van der Waals surface area contributed by atoms with Crippen molar-refractivity contribution in [2.24, 2.45) is 50.7 Å². The maximum Gasteiger partial charge on any atom is 0.312 e. The number of aliphatic hydroxyl groups excluding tert-OH is 2. The quantitative estimate of drug-likeness (QED) is 0.170. The summed E-state index contributed by atoms with van der Waals surface area (Å²) in [6.07, 6.45) is 5.80. The summed E-state index contributed by atoms with van der Waals surface area (Å²) in [6.45, 7) is 19.3. The molecule has 12 atom stereocenters. The van der Waals surface area contributed by atoms with Crippen LogP contribution in [0.15, 0.2) is 12.2 Å². The second-order valence-corrected chi connectivity index (χ2v) is 14.4. The Morgan fingerprint density at radius 2 is 1.73 bits per heavy atom. The molecule has 0 aromatic carbocycles. The van der Waals surface area contributed by atoms with Gasteiger partial charge in [0.25, 0.3) is 0 Å².